The summed E-state index contributed by atoms with van der Waals surface area (Å²) in [5.41, 5.74) is 4.69. The van der Waals surface area contributed by atoms with Crippen molar-refractivity contribution in [3.63, 3.8) is 0 Å². The lowest BCUT2D eigenvalue weighted by Gasteiger charge is -2.23. The number of aryl methyl sites for hydroxylation is 2. The Morgan fingerprint density at radius 2 is 1.93 bits per heavy atom. The molecule has 0 radical (unpaired) electrons. The highest BCUT2D eigenvalue weighted by Gasteiger charge is 2.33. The fourth-order valence-electron chi connectivity index (χ4n) is 3.29. The number of carbonyl (C=O) groups is 2. The van der Waals surface area contributed by atoms with Crippen LogP contribution in [-0.4, -0.2) is 22.5 Å². The first-order valence-corrected chi connectivity index (χ1v) is 10.5. The monoisotopic (exact) mass is 406 g/mol. The van der Waals surface area contributed by atoms with Gasteiger partial charge < -0.3 is 14.6 Å². The van der Waals surface area contributed by atoms with Gasteiger partial charge in [-0.25, -0.2) is 0 Å². The molecule has 0 aliphatic carbocycles. The van der Waals surface area contributed by atoms with Crippen LogP contribution in [-0.2, 0) is 11.3 Å². The van der Waals surface area contributed by atoms with Crippen molar-refractivity contribution in [3.05, 3.63) is 88.9 Å². The lowest BCUT2D eigenvalue weighted by Crippen LogP contribution is -2.27. The van der Waals surface area contributed by atoms with Crippen molar-refractivity contribution >= 4 is 29.3 Å². The van der Waals surface area contributed by atoms with Crippen LogP contribution in [0.3, 0.4) is 0 Å². The average molecular weight is 407 g/mol. The van der Waals surface area contributed by atoms with Gasteiger partial charge in [-0.1, -0.05) is 18.2 Å². The molecule has 2 heterocycles. The number of anilines is 1. The predicted molar refractivity (Wildman–Crippen MR) is 115 cm³/mol. The van der Waals surface area contributed by atoms with Gasteiger partial charge in [-0.15, -0.1) is 11.8 Å². The molecule has 3 aromatic rings. The van der Waals surface area contributed by atoms with Gasteiger partial charge in [0.25, 0.3) is 5.91 Å². The molecule has 1 aliphatic heterocycles. The molecule has 0 bridgehead atoms. The van der Waals surface area contributed by atoms with Crippen LogP contribution in [0.4, 0.5) is 5.69 Å². The van der Waals surface area contributed by atoms with Crippen LogP contribution in [0.1, 0.15) is 38.2 Å². The van der Waals surface area contributed by atoms with E-state index in [2.05, 4.69) is 5.32 Å². The SMILES string of the molecule is Cc1ccc(NC(=O)c2ccc([C@H]3SCC(=O)N3Cc3ccco3)cc2)cc1C. The molecule has 6 heteroatoms. The largest absolute Gasteiger partial charge is 0.467 e. The zero-order chi connectivity index (χ0) is 20.4. The molecule has 4 rings (SSSR count). The number of nitrogens with one attached hydrogen (secondary N) is 1. The first kappa shape index (κ1) is 19.3. The Labute approximate surface area is 174 Å². The van der Waals surface area contributed by atoms with Gasteiger partial charge in [0.15, 0.2) is 0 Å². The lowest BCUT2D eigenvalue weighted by molar-refractivity contribution is -0.128. The Bertz CT molecular complexity index is 1030. The van der Waals surface area contributed by atoms with Crippen LogP contribution >= 0.6 is 11.8 Å². The van der Waals surface area contributed by atoms with Gasteiger partial charge in [0.05, 0.1) is 18.6 Å². The summed E-state index contributed by atoms with van der Waals surface area (Å²) in [4.78, 5) is 26.7. The quantitative estimate of drug-likeness (QED) is 0.653. The van der Waals surface area contributed by atoms with Crippen molar-refractivity contribution in [1.29, 1.82) is 0 Å². The van der Waals surface area contributed by atoms with Crippen LogP contribution in [0.5, 0.6) is 0 Å². The van der Waals surface area contributed by atoms with E-state index in [4.69, 9.17) is 4.42 Å². The van der Waals surface area contributed by atoms with Crippen molar-refractivity contribution in [2.24, 2.45) is 0 Å². The fraction of sp³-hybridized carbons (Fsp3) is 0.217. The topological polar surface area (TPSA) is 62.6 Å². The second kappa shape index (κ2) is 8.17. The van der Waals surface area contributed by atoms with Crippen molar-refractivity contribution in [2.45, 2.75) is 25.8 Å². The van der Waals surface area contributed by atoms with E-state index in [9.17, 15) is 9.59 Å². The van der Waals surface area contributed by atoms with Crippen LogP contribution in [0.25, 0.3) is 0 Å². The Hall–Kier alpha value is -2.99. The zero-order valence-electron chi connectivity index (χ0n) is 16.3. The number of thioether (sulfide) groups is 1. The van der Waals surface area contributed by atoms with Crippen LogP contribution in [0.15, 0.2) is 65.3 Å². The third-order valence-corrected chi connectivity index (χ3v) is 6.35. The lowest BCUT2D eigenvalue weighted by atomic mass is 10.1. The van der Waals surface area contributed by atoms with Crippen LogP contribution < -0.4 is 5.32 Å². The maximum atomic E-state index is 12.6. The van der Waals surface area contributed by atoms with Gasteiger partial charge in [0.2, 0.25) is 5.91 Å². The van der Waals surface area contributed by atoms with E-state index in [1.54, 1.807) is 30.2 Å². The number of nitrogens with zero attached hydrogens (tertiary/aromatic N) is 1. The zero-order valence-corrected chi connectivity index (χ0v) is 17.2. The summed E-state index contributed by atoms with van der Waals surface area (Å²) in [6, 6.07) is 17.0. The average Bonchev–Trinajstić information content (AvgIpc) is 3.36. The Morgan fingerprint density at radius 1 is 1.14 bits per heavy atom. The summed E-state index contributed by atoms with van der Waals surface area (Å²) in [5, 5.41) is 2.86. The van der Waals surface area contributed by atoms with E-state index in [0.29, 0.717) is 17.9 Å². The molecule has 1 saturated heterocycles. The van der Waals surface area contributed by atoms with Crippen molar-refractivity contribution in [1.82, 2.24) is 4.90 Å². The van der Waals surface area contributed by atoms with E-state index in [0.717, 1.165) is 22.6 Å². The molecule has 2 aromatic carbocycles. The highest BCUT2D eigenvalue weighted by Crippen LogP contribution is 2.39. The summed E-state index contributed by atoms with van der Waals surface area (Å²) in [7, 11) is 0. The van der Waals surface area contributed by atoms with Gasteiger partial charge in [0, 0.05) is 11.3 Å². The molecule has 1 atom stereocenters. The molecular weight excluding hydrogens is 384 g/mol. The van der Waals surface area contributed by atoms with E-state index < -0.39 is 0 Å². The van der Waals surface area contributed by atoms with E-state index in [1.165, 1.54) is 5.56 Å². The third kappa shape index (κ3) is 4.22. The highest BCUT2D eigenvalue weighted by atomic mass is 32.2. The number of carbonyl (C=O) groups excluding carboxylic acids is 2. The third-order valence-electron chi connectivity index (χ3n) is 5.10. The number of hydrogen-bond donors (Lipinski definition) is 1. The normalized spacial score (nSPS) is 16.3. The minimum Gasteiger partial charge on any atom is -0.467 e. The van der Waals surface area contributed by atoms with E-state index >= 15 is 0 Å². The number of benzene rings is 2. The standard InChI is InChI=1S/C23H22N2O3S/c1-15-5-10-19(12-16(15)2)24-22(27)17-6-8-18(9-7-17)23-25(21(26)14-29-23)13-20-4-3-11-28-20/h3-12,23H,13-14H2,1-2H3,(H,24,27)/t23-/m1/s1. The first-order chi connectivity index (χ1) is 14.0. The predicted octanol–water partition coefficient (Wildman–Crippen LogP) is 4.92. The van der Waals surface area contributed by atoms with Crippen LogP contribution in [0, 0.1) is 13.8 Å². The van der Waals surface area contributed by atoms with Crippen molar-refractivity contribution < 1.29 is 14.0 Å². The first-order valence-electron chi connectivity index (χ1n) is 9.43. The molecule has 1 fully saturated rings. The molecule has 0 saturated carbocycles. The van der Waals surface area contributed by atoms with Gasteiger partial charge in [-0.05, 0) is 66.9 Å². The molecule has 1 aliphatic rings. The minimum atomic E-state index is -0.151. The van der Waals surface area contributed by atoms with Crippen LogP contribution in [0.2, 0.25) is 0 Å². The molecule has 0 spiro atoms. The molecular formula is C23H22N2O3S. The molecule has 0 unspecified atom stereocenters. The summed E-state index contributed by atoms with van der Waals surface area (Å²) in [6.07, 6.45) is 1.61. The van der Waals surface area contributed by atoms with E-state index in [-0.39, 0.29) is 17.2 Å². The number of furan rings is 1. The maximum Gasteiger partial charge on any atom is 0.255 e. The fourth-order valence-corrected chi connectivity index (χ4v) is 4.48. The van der Waals surface area contributed by atoms with Crippen molar-refractivity contribution in [3.8, 4) is 0 Å². The molecule has 5 nitrogen and oxygen atoms in total. The second-order valence-electron chi connectivity index (χ2n) is 7.14. The second-order valence-corrected chi connectivity index (χ2v) is 8.21. The summed E-state index contributed by atoms with van der Waals surface area (Å²) in [6.45, 7) is 4.51. The summed E-state index contributed by atoms with van der Waals surface area (Å²) < 4.78 is 5.39. The Balaban J connectivity index is 1.47. The van der Waals surface area contributed by atoms with Gasteiger partial charge in [-0.3, -0.25) is 9.59 Å². The smallest absolute Gasteiger partial charge is 0.255 e. The Kier molecular flexibility index (Phi) is 5.45. The van der Waals surface area contributed by atoms with Gasteiger partial charge in [-0.2, -0.15) is 0 Å². The number of amides is 2. The molecule has 148 valence electrons. The molecule has 2 amide bonds. The van der Waals surface area contributed by atoms with Crippen molar-refractivity contribution in [2.75, 3.05) is 11.1 Å². The number of rotatable bonds is 5. The van der Waals surface area contributed by atoms with E-state index in [1.807, 2.05) is 61.2 Å². The highest BCUT2D eigenvalue weighted by molar-refractivity contribution is 8.00. The Morgan fingerprint density at radius 3 is 2.62 bits per heavy atom. The number of hydrogen-bond acceptors (Lipinski definition) is 4. The molecule has 1 N–H and O–H groups in total. The maximum absolute atomic E-state index is 12.6. The minimum absolute atomic E-state index is 0.0792. The summed E-state index contributed by atoms with van der Waals surface area (Å²) in [5.74, 6) is 1.14. The molecule has 29 heavy (non-hydrogen) atoms. The molecule has 1 aromatic heterocycles. The summed E-state index contributed by atoms with van der Waals surface area (Å²) >= 11 is 1.59. The van der Waals surface area contributed by atoms with Gasteiger partial charge in [0.1, 0.15) is 11.1 Å². The van der Waals surface area contributed by atoms with Gasteiger partial charge >= 0.3 is 0 Å².